The normalized spacial score (nSPS) is 12.8. The molecule has 5 N–H and O–H groups in total. The molecular formula is C25H31N5O4. The van der Waals surface area contributed by atoms with Gasteiger partial charge >= 0.3 is 0 Å². The molecule has 0 saturated carbocycles. The number of pyridine rings is 1. The molecule has 0 aliphatic rings. The summed E-state index contributed by atoms with van der Waals surface area (Å²) in [5.74, 6) is -1.90. The molecule has 3 rings (SSSR count). The van der Waals surface area contributed by atoms with E-state index in [2.05, 4.69) is 20.6 Å². The van der Waals surface area contributed by atoms with E-state index in [1.807, 2.05) is 44.3 Å². The molecule has 0 unspecified atom stereocenters. The highest BCUT2D eigenvalue weighted by atomic mass is 16.5. The number of nitrogens with one attached hydrogen (secondary N) is 4. The first kappa shape index (κ1) is 24.9. The first-order valence-corrected chi connectivity index (χ1v) is 11.3. The van der Waals surface area contributed by atoms with Crippen LogP contribution in [-0.4, -0.2) is 38.9 Å². The van der Waals surface area contributed by atoms with Crippen LogP contribution in [0, 0.1) is 11.8 Å². The lowest BCUT2D eigenvalue weighted by molar-refractivity contribution is -0.136. The molecular weight excluding hydrogens is 434 g/mol. The number of H-pyrrole nitrogens is 1. The van der Waals surface area contributed by atoms with Crippen LogP contribution in [0.3, 0.4) is 0 Å². The summed E-state index contributed by atoms with van der Waals surface area (Å²) in [7, 11) is 0. The molecule has 0 aliphatic heterocycles. The Labute approximate surface area is 198 Å². The van der Waals surface area contributed by atoms with E-state index in [-0.39, 0.29) is 24.7 Å². The molecule has 0 saturated heterocycles. The van der Waals surface area contributed by atoms with Crippen molar-refractivity contribution >= 4 is 28.6 Å². The van der Waals surface area contributed by atoms with E-state index >= 15 is 0 Å². The Morgan fingerprint density at radius 3 is 2.50 bits per heavy atom. The lowest BCUT2D eigenvalue weighted by Crippen LogP contribution is -2.50. The average Bonchev–Trinajstić information content (AvgIpc) is 3.24. The quantitative estimate of drug-likeness (QED) is 0.219. The largest absolute Gasteiger partial charge is 0.361 e. The van der Waals surface area contributed by atoms with E-state index < -0.39 is 23.8 Å². The SMILES string of the molecule is CC(C)C[C@H](CC(=O)NO)C(=O)N[C@@H](Cc1c[nH]c2ccccc12)C(=O)NCc1ccncc1. The van der Waals surface area contributed by atoms with Gasteiger partial charge in [-0.05, 0) is 41.7 Å². The molecule has 180 valence electrons. The molecule has 0 bridgehead atoms. The maximum atomic E-state index is 13.2. The molecule has 9 nitrogen and oxygen atoms in total. The molecule has 34 heavy (non-hydrogen) atoms. The third-order valence-corrected chi connectivity index (χ3v) is 5.63. The van der Waals surface area contributed by atoms with Gasteiger partial charge in [-0.15, -0.1) is 0 Å². The van der Waals surface area contributed by atoms with Gasteiger partial charge in [0.1, 0.15) is 6.04 Å². The first-order chi connectivity index (χ1) is 16.4. The summed E-state index contributed by atoms with van der Waals surface area (Å²) < 4.78 is 0. The molecule has 0 radical (unpaired) electrons. The van der Waals surface area contributed by atoms with Crippen LogP contribution < -0.4 is 16.1 Å². The summed E-state index contributed by atoms with van der Waals surface area (Å²) in [6, 6.07) is 10.5. The van der Waals surface area contributed by atoms with Crippen LogP contribution in [-0.2, 0) is 27.3 Å². The van der Waals surface area contributed by atoms with Gasteiger partial charge in [-0.2, -0.15) is 0 Å². The standard InChI is InChI=1S/C25H31N5O4/c1-16(2)11-18(13-23(31)30-34)24(32)29-22(25(33)28-14-17-7-9-26-10-8-17)12-19-15-27-21-6-4-3-5-20(19)21/h3-10,15-16,18,22,27,34H,11-14H2,1-2H3,(H,28,33)(H,29,32)(H,30,31)/t18-,22+/m1/s1. The van der Waals surface area contributed by atoms with Crippen molar-refractivity contribution in [1.29, 1.82) is 0 Å². The van der Waals surface area contributed by atoms with Crippen molar-refractivity contribution in [3.63, 3.8) is 0 Å². The lowest BCUT2D eigenvalue weighted by Gasteiger charge is -2.23. The number of fused-ring (bicyclic) bond motifs is 1. The third kappa shape index (κ3) is 6.89. The number of hydrogen-bond acceptors (Lipinski definition) is 5. The third-order valence-electron chi connectivity index (χ3n) is 5.63. The van der Waals surface area contributed by atoms with E-state index in [0.717, 1.165) is 22.0 Å². The van der Waals surface area contributed by atoms with Crippen LogP contribution in [0.4, 0.5) is 0 Å². The average molecular weight is 466 g/mol. The molecule has 0 aliphatic carbocycles. The number of nitrogens with zero attached hydrogens (tertiary/aromatic N) is 1. The summed E-state index contributed by atoms with van der Waals surface area (Å²) in [5.41, 5.74) is 4.31. The van der Waals surface area contributed by atoms with Crippen LogP contribution in [0.25, 0.3) is 10.9 Å². The summed E-state index contributed by atoms with van der Waals surface area (Å²) >= 11 is 0. The second-order valence-corrected chi connectivity index (χ2v) is 8.76. The van der Waals surface area contributed by atoms with Crippen molar-refractivity contribution in [2.75, 3.05) is 0 Å². The highest BCUT2D eigenvalue weighted by Crippen LogP contribution is 2.20. The molecule has 2 aromatic heterocycles. The highest BCUT2D eigenvalue weighted by Gasteiger charge is 2.28. The fraction of sp³-hybridized carbons (Fsp3) is 0.360. The van der Waals surface area contributed by atoms with E-state index in [1.54, 1.807) is 30.0 Å². The zero-order valence-electron chi connectivity index (χ0n) is 19.4. The topological polar surface area (TPSA) is 136 Å². The smallest absolute Gasteiger partial charge is 0.244 e. The van der Waals surface area contributed by atoms with Crippen molar-refractivity contribution in [1.82, 2.24) is 26.1 Å². The molecule has 2 atom stereocenters. The number of carbonyl (C=O) groups excluding carboxylic acids is 3. The monoisotopic (exact) mass is 465 g/mol. The van der Waals surface area contributed by atoms with Crippen molar-refractivity contribution < 1.29 is 19.6 Å². The minimum absolute atomic E-state index is 0.148. The van der Waals surface area contributed by atoms with Gasteiger partial charge in [0, 0.05) is 54.8 Å². The Kier molecular flexibility index (Phi) is 8.75. The van der Waals surface area contributed by atoms with Crippen molar-refractivity contribution in [2.45, 2.75) is 45.7 Å². The van der Waals surface area contributed by atoms with Crippen LogP contribution in [0.15, 0.2) is 55.0 Å². The minimum atomic E-state index is -0.847. The van der Waals surface area contributed by atoms with Crippen molar-refractivity contribution in [2.24, 2.45) is 11.8 Å². The second-order valence-electron chi connectivity index (χ2n) is 8.76. The zero-order chi connectivity index (χ0) is 24.5. The van der Waals surface area contributed by atoms with Crippen molar-refractivity contribution in [3.05, 3.63) is 66.1 Å². The molecule has 9 heteroatoms. The van der Waals surface area contributed by atoms with E-state index in [0.29, 0.717) is 13.0 Å². The predicted molar refractivity (Wildman–Crippen MR) is 128 cm³/mol. The molecule has 1 aromatic carbocycles. The maximum absolute atomic E-state index is 13.2. The predicted octanol–water partition coefficient (Wildman–Crippen LogP) is 2.46. The number of aromatic nitrogens is 2. The molecule has 0 fully saturated rings. The number of rotatable bonds is 11. The Balaban J connectivity index is 1.79. The fourth-order valence-electron chi connectivity index (χ4n) is 3.95. The Hall–Kier alpha value is -3.72. The molecule has 3 amide bonds. The number of hydroxylamine groups is 1. The van der Waals surface area contributed by atoms with Crippen molar-refractivity contribution in [3.8, 4) is 0 Å². The Morgan fingerprint density at radius 2 is 1.79 bits per heavy atom. The van der Waals surface area contributed by atoms with Gasteiger partial charge in [-0.1, -0.05) is 32.0 Å². The summed E-state index contributed by atoms with van der Waals surface area (Å²) in [5, 5.41) is 15.6. The number of aromatic amines is 1. The van der Waals surface area contributed by atoms with Gasteiger partial charge < -0.3 is 15.6 Å². The van der Waals surface area contributed by atoms with Gasteiger partial charge in [0.25, 0.3) is 0 Å². The molecule has 0 spiro atoms. The fourth-order valence-corrected chi connectivity index (χ4v) is 3.95. The first-order valence-electron chi connectivity index (χ1n) is 11.3. The van der Waals surface area contributed by atoms with Crippen LogP contribution in [0.2, 0.25) is 0 Å². The Bertz CT molecular complexity index is 1110. The van der Waals surface area contributed by atoms with Gasteiger partial charge in [0.05, 0.1) is 0 Å². The minimum Gasteiger partial charge on any atom is -0.361 e. The van der Waals surface area contributed by atoms with Gasteiger partial charge in [0.15, 0.2) is 0 Å². The van der Waals surface area contributed by atoms with Gasteiger partial charge in [-0.3, -0.25) is 24.6 Å². The van der Waals surface area contributed by atoms with E-state index in [1.165, 1.54) is 0 Å². The number of benzene rings is 1. The summed E-state index contributed by atoms with van der Waals surface area (Å²) in [6.45, 7) is 4.19. The van der Waals surface area contributed by atoms with Crippen LogP contribution in [0.5, 0.6) is 0 Å². The highest BCUT2D eigenvalue weighted by molar-refractivity contribution is 5.91. The Morgan fingerprint density at radius 1 is 1.06 bits per heavy atom. The van der Waals surface area contributed by atoms with Crippen LogP contribution in [0.1, 0.15) is 37.8 Å². The lowest BCUT2D eigenvalue weighted by atomic mass is 9.92. The number of carbonyl (C=O) groups is 3. The second kappa shape index (κ2) is 11.9. The van der Waals surface area contributed by atoms with Gasteiger partial charge in [0.2, 0.25) is 17.7 Å². The van der Waals surface area contributed by atoms with Crippen LogP contribution >= 0.6 is 0 Å². The summed E-state index contributed by atoms with van der Waals surface area (Å²) in [6.07, 6.45) is 5.69. The zero-order valence-corrected chi connectivity index (χ0v) is 19.4. The van der Waals surface area contributed by atoms with E-state index in [4.69, 9.17) is 5.21 Å². The van der Waals surface area contributed by atoms with E-state index in [9.17, 15) is 14.4 Å². The maximum Gasteiger partial charge on any atom is 0.244 e. The summed E-state index contributed by atoms with van der Waals surface area (Å²) in [4.78, 5) is 45.2. The number of amides is 3. The van der Waals surface area contributed by atoms with Gasteiger partial charge in [-0.25, -0.2) is 5.48 Å². The molecule has 3 aromatic rings. The molecule has 2 heterocycles. The number of hydrogen-bond donors (Lipinski definition) is 5. The number of para-hydroxylation sites is 1.